The fraction of sp³-hybridized carbons (Fsp3) is 0.0833. The summed E-state index contributed by atoms with van der Waals surface area (Å²) in [4.78, 5) is 0. The van der Waals surface area contributed by atoms with Crippen molar-refractivity contribution in [2.45, 2.75) is 5.03 Å². The van der Waals surface area contributed by atoms with Crippen molar-refractivity contribution in [3.05, 3.63) is 43.0 Å². The van der Waals surface area contributed by atoms with Crippen molar-refractivity contribution in [2.24, 2.45) is 0 Å². The number of benzene rings is 1. The van der Waals surface area contributed by atoms with Crippen LogP contribution in [0.4, 0.5) is 0 Å². The third-order valence-corrected chi connectivity index (χ3v) is 3.60. The molecule has 0 N–H and O–H groups in total. The smallest absolute Gasteiger partial charge is 0.151 e. The minimum Gasteiger partial charge on any atom is -0.151 e. The number of aromatic nitrogens is 1. The zero-order chi connectivity index (χ0) is 9.54. The van der Waals surface area contributed by atoms with Crippen LogP contribution in [0.3, 0.4) is 0 Å². The third-order valence-electron chi connectivity index (χ3n) is 2.51. The number of rotatable bonds is 0. The van der Waals surface area contributed by atoms with Crippen LogP contribution in [0, 0.1) is 0 Å². The lowest BCUT2D eigenvalue weighted by Crippen LogP contribution is -2.31. The minimum atomic E-state index is 1.01. The van der Waals surface area contributed by atoms with Gasteiger partial charge in [-0.25, -0.2) is 0 Å². The molecule has 0 amide bonds. The Labute approximate surface area is 87.1 Å². The van der Waals surface area contributed by atoms with Crippen molar-refractivity contribution in [1.82, 2.24) is 0 Å². The molecule has 1 aliphatic heterocycles. The van der Waals surface area contributed by atoms with Crippen LogP contribution in [0.1, 0.15) is 0 Å². The van der Waals surface area contributed by atoms with Crippen LogP contribution in [0.5, 0.6) is 0 Å². The maximum atomic E-state index is 4.09. The van der Waals surface area contributed by atoms with Crippen molar-refractivity contribution in [3.8, 4) is 0 Å². The van der Waals surface area contributed by atoms with Gasteiger partial charge in [-0.1, -0.05) is 12.1 Å². The summed E-state index contributed by atoms with van der Waals surface area (Å²) >= 11 is 1.85. The molecule has 2 heteroatoms. The van der Waals surface area contributed by atoms with E-state index in [0.29, 0.717) is 0 Å². The highest BCUT2D eigenvalue weighted by Crippen LogP contribution is 2.27. The highest BCUT2D eigenvalue weighted by Gasteiger charge is 2.26. The minimum absolute atomic E-state index is 1.01. The second-order valence-corrected chi connectivity index (χ2v) is 4.42. The Morgan fingerprint density at radius 3 is 2.93 bits per heavy atom. The molecular formula is C12H10NS+. The van der Waals surface area contributed by atoms with E-state index in [9.17, 15) is 0 Å². The molecule has 1 aromatic carbocycles. The highest BCUT2D eigenvalue weighted by molar-refractivity contribution is 7.99. The molecule has 0 saturated carbocycles. The largest absolute Gasteiger partial charge is 0.246 e. The summed E-state index contributed by atoms with van der Waals surface area (Å²) in [5.74, 6) is 1.01. The van der Waals surface area contributed by atoms with E-state index in [0.717, 1.165) is 5.75 Å². The van der Waals surface area contributed by atoms with Gasteiger partial charge in [0, 0.05) is 17.5 Å². The van der Waals surface area contributed by atoms with Crippen LogP contribution >= 0.6 is 11.8 Å². The van der Waals surface area contributed by atoms with Crippen molar-refractivity contribution >= 4 is 28.4 Å². The Balaban J connectivity index is 2.47. The van der Waals surface area contributed by atoms with Gasteiger partial charge >= 0.3 is 0 Å². The van der Waals surface area contributed by atoms with E-state index >= 15 is 0 Å². The lowest BCUT2D eigenvalue weighted by Gasteiger charge is -1.97. The number of hydrogen-bond donors (Lipinski definition) is 0. The molecule has 2 aromatic rings. The van der Waals surface area contributed by atoms with E-state index in [-0.39, 0.29) is 0 Å². The van der Waals surface area contributed by atoms with Crippen molar-refractivity contribution in [1.29, 1.82) is 0 Å². The van der Waals surface area contributed by atoms with Crippen LogP contribution in [-0.2, 0) is 0 Å². The molecule has 2 heterocycles. The number of nitrogens with zero attached hydrogens (tertiary/aromatic N) is 1. The van der Waals surface area contributed by atoms with Crippen molar-refractivity contribution in [2.75, 3.05) is 5.75 Å². The number of thioether (sulfide) groups is 1. The van der Waals surface area contributed by atoms with E-state index < -0.39 is 0 Å². The summed E-state index contributed by atoms with van der Waals surface area (Å²) in [6.07, 6.45) is 0. The summed E-state index contributed by atoms with van der Waals surface area (Å²) in [5.41, 5.74) is 2.45. The van der Waals surface area contributed by atoms with Crippen LogP contribution < -0.4 is 4.57 Å². The van der Waals surface area contributed by atoms with Gasteiger partial charge in [0.1, 0.15) is 0 Å². The van der Waals surface area contributed by atoms with Gasteiger partial charge in [0.25, 0.3) is 0 Å². The Hall–Kier alpha value is -1.28. The molecule has 3 rings (SSSR count). The Morgan fingerprint density at radius 2 is 2.00 bits per heavy atom. The first kappa shape index (κ1) is 8.06. The molecule has 68 valence electrons. The van der Waals surface area contributed by atoms with Gasteiger partial charge < -0.3 is 0 Å². The summed E-state index contributed by atoms with van der Waals surface area (Å²) in [6.45, 7) is 4.09. The molecule has 1 aliphatic rings. The first-order valence-corrected chi connectivity index (χ1v) is 5.59. The van der Waals surface area contributed by atoms with Gasteiger partial charge in [-0.3, -0.25) is 0 Å². The zero-order valence-corrected chi connectivity index (χ0v) is 8.55. The van der Waals surface area contributed by atoms with E-state index in [4.69, 9.17) is 0 Å². The molecular weight excluding hydrogens is 190 g/mol. The van der Waals surface area contributed by atoms with Gasteiger partial charge in [0.05, 0.1) is 5.75 Å². The summed E-state index contributed by atoms with van der Waals surface area (Å²) in [5, 5.41) is 2.58. The van der Waals surface area contributed by atoms with Gasteiger partial charge in [-0.05, 0) is 30.5 Å². The number of hydrogen-bond acceptors (Lipinski definition) is 1. The van der Waals surface area contributed by atoms with Crippen LogP contribution in [-0.4, -0.2) is 5.75 Å². The third kappa shape index (κ3) is 1.01. The molecule has 0 fully saturated rings. The van der Waals surface area contributed by atoms with Gasteiger partial charge in [0.2, 0.25) is 10.5 Å². The van der Waals surface area contributed by atoms with Gasteiger partial charge in [-0.2, -0.15) is 4.57 Å². The predicted octanol–water partition coefficient (Wildman–Crippen LogP) is 2.70. The second kappa shape index (κ2) is 2.85. The topological polar surface area (TPSA) is 3.88 Å². The van der Waals surface area contributed by atoms with Crippen LogP contribution in [0.15, 0.2) is 48.0 Å². The Morgan fingerprint density at radius 1 is 1.14 bits per heavy atom. The molecule has 0 saturated heterocycles. The SMILES string of the molecule is C=C1CSc2ccc3ccccc3[n+]21. The number of pyridine rings is 1. The van der Waals surface area contributed by atoms with E-state index in [2.05, 4.69) is 47.5 Å². The summed E-state index contributed by atoms with van der Waals surface area (Å²) in [7, 11) is 0. The highest BCUT2D eigenvalue weighted by atomic mass is 32.2. The maximum Gasteiger partial charge on any atom is 0.246 e. The molecule has 0 unspecified atom stereocenters. The van der Waals surface area contributed by atoms with Crippen molar-refractivity contribution < 1.29 is 4.57 Å². The summed E-state index contributed by atoms with van der Waals surface area (Å²) < 4.78 is 2.25. The zero-order valence-electron chi connectivity index (χ0n) is 7.73. The van der Waals surface area contributed by atoms with E-state index in [1.54, 1.807) is 0 Å². The average molecular weight is 200 g/mol. The fourth-order valence-corrected chi connectivity index (χ4v) is 2.81. The quantitative estimate of drug-likeness (QED) is 0.591. The fourth-order valence-electron chi connectivity index (χ4n) is 1.85. The molecule has 14 heavy (non-hydrogen) atoms. The number of fused-ring (bicyclic) bond motifs is 3. The van der Waals surface area contributed by atoms with E-state index in [1.807, 2.05) is 11.8 Å². The molecule has 1 aromatic heterocycles. The Bertz CT molecular complexity index is 531. The molecule has 0 bridgehead atoms. The number of para-hydroxylation sites is 1. The van der Waals surface area contributed by atoms with Gasteiger partial charge in [0.15, 0.2) is 5.70 Å². The van der Waals surface area contributed by atoms with Crippen molar-refractivity contribution in [3.63, 3.8) is 0 Å². The molecule has 0 spiro atoms. The first-order valence-electron chi connectivity index (χ1n) is 4.61. The van der Waals surface area contributed by atoms with Gasteiger partial charge in [-0.15, -0.1) is 0 Å². The standard InChI is InChI=1S/C12H10NS/c1-9-8-14-12-7-6-10-4-2-3-5-11(10)13(9)12/h2-7H,1,8H2/q+1. The normalized spacial score (nSPS) is 14.7. The first-order chi connectivity index (χ1) is 6.86. The molecule has 0 aliphatic carbocycles. The summed E-state index contributed by atoms with van der Waals surface area (Å²) in [6, 6.07) is 12.8. The monoisotopic (exact) mass is 200 g/mol. The maximum absolute atomic E-state index is 4.09. The lowest BCUT2D eigenvalue weighted by atomic mass is 10.2. The Kier molecular flexibility index (Phi) is 1.64. The van der Waals surface area contributed by atoms with Crippen LogP contribution in [0.2, 0.25) is 0 Å². The lowest BCUT2D eigenvalue weighted by molar-refractivity contribution is -0.589. The van der Waals surface area contributed by atoms with Crippen LogP contribution in [0.25, 0.3) is 16.6 Å². The predicted molar refractivity (Wildman–Crippen MR) is 60.2 cm³/mol. The average Bonchev–Trinajstić information content (AvgIpc) is 2.61. The molecule has 1 nitrogen and oxygen atoms in total. The molecule has 0 radical (unpaired) electrons. The van der Waals surface area contributed by atoms with E-state index in [1.165, 1.54) is 21.6 Å². The second-order valence-electron chi connectivity index (χ2n) is 3.42. The molecule has 0 atom stereocenters.